The average Bonchev–Trinajstić information content (AvgIpc) is 2.64. The predicted molar refractivity (Wildman–Crippen MR) is 112 cm³/mol. The fourth-order valence-electron chi connectivity index (χ4n) is 3.14. The molecule has 0 spiro atoms. The van der Waals surface area contributed by atoms with Gasteiger partial charge in [0.25, 0.3) is 11.8 Å². The third kappa shape index (κ3) is 4.43. The number of nitrogens with one attached hydrogen (secondary N) is 2. The maximum atomic E-state index is 12.7. The summed E-state index contributed by atoms with van der Waals surface area (Å²) in [5, 5.41) is 5.78. The normalized spacial score (nSPS) is 10.4. The van der Waals surface area contributed by atoms with Crippen LogP contribution in [0.5, 0.6) is 0 Å². The summed E-state index contributed by atoms with van der Waals surface area (Å²) in [6.07, 6.45) is 2.91. The summed E-state index contributed by atoms with van der Waals surface area (Å²) in [7, 11) is 0. The molecule has 0 atom stereocenters. The van der Waals surface area contributed by atoms with Gasteiger partial charge in [0.15, 0.2) is 0 Å². The zero-order valence-corrected chi connectivity index (χ0v) is 16.5. The lowest BCUT2D eigenvalue weighted by Gasteiger charge is -2.12. The van der Waals surface area contributed by atoms with Crippen molar-refractivity contribution in [3.8, 4) is 0 Å². The Hall–Kier alpha value is -3.47. The van der Waals surface area contributed by atoms with Gasteiger partial charge in [-0.25, -0.2) is 0 Å². The molecule has 0 bridgehead atoms. The SMILES string of the molecule is Cc1cc(C)cc(NC(=O)c2cncc(C(=O)Nc3c(C)cccc3C)c2)c1. The number of carbonyl (C=O) groups excluding carboxylic acids is 2. The van der Waals surface area contributed by atoms with Gasteiger partial charge in [-0.1, -0.05) is 24.3 Å². The molecule has 0 fully saturated rings. The van der Waals surface area contributed by atoms with Gasteiger partial charge in [0.05, 0.1) is 11.1 Å². The fraction of sp³-hybridized carbons (Fsp3) is 0.174. The molecule has 3 rings (SSSR count). The Kier molecular flexibility index (Phi) is 5.54. The highest BCUT2D eigenvalue weighted by molar-refractivity contribution is 6.08. The van der Waals surface area contributed by atoms with Crippen LogP contribution in [0.3, 0.4) is 0 Å². The van der Waals surface area contributed by atoms with Crippen LogP contribution in [-0.4, -0.2) is 16.8 Å². The number of para-hydroxylation sites is 1. The Bertz CT molecular complexity index is 1020. The molecule has 142 valence electrons. The van der Waals surface area contributed by atoms with Crippen LogP contribution in [0.1, 0.15) is 43.0 Å². The monoisotopic (exact) mass is 373 g/mol. The van der Waals surface area contributed by atoms with Crippen molar-refractivity contribution < 1.29 is 9.59 Å². The number of pyridine rings is 1. The van der Waals surface area contributed by atoms with Gasteiger partial charge < -0.3 is 10.6 Å². The molecule has 0 aliphatic carbocycles. The van der Waals surface area contributed by atoms with E-state index in [2.05, 4.69) is 15.6 Å². The molecule has 0 saturated heterocycles. The summed E-state index contributed by atoms with van der Waals surface area (Å²) < 4.78 is 0. The van der Waals surface area contributed by atoms with Gasteiger partial charge in [-0.3, -0.25) is 14.6 Å². The van der Waals surface area contributed by atoms with E-state index in [0.717, 1.165) is 27.9 Å². The van der Waals surface area contributed by atoms with Crippen LogP contribution in [0.2, 0.25) is 0 Å². The van der Waals surface area contributed by atoms with Crippen molar-refractivity contribution in [2.45, 2.75) is 27.7 Å². The lowest BCUT2D eigenvalue weighted by atomic mass is 10.1. The van der Waals surface area contributed by atoms with E-state index < -0.39 is 0 Å². The highest BCUT2D eigenvalue weighted by atomic mass is 16.2. The predicted octanol–water partition coefficient (Wildman–Crippen LogP) is 4.82. The number of hydrogen-bond donors (Lipinski definition) is 2. The highest BCUT2D eigenvalue weighted by Crippen LogP contribution is 2.20. The van der Waals surface area contributed by atoms with Crippen molar-refractivity contribution in [3.05, 3.63) is 88.2 Å². The Balaban J connectivity index is 1.79. The first-order valence-corrected chi connectivity index (χ1v) is 9.06. The van der Waals surface area contributed by atoms with Gasteiger partial charge in [0, 0.05) is 23.8 Å². The second-order valence-electron chi connectivity index (χ2n) is 7.01. The molecule has 0 aliphatic heterocycles. The first kappa shape index (κ1) is 19.3. The molecule has 2 aromatic carbocycles. The minimum Gasteiger partial charge on any atom is -0.322 e. The second kappa shape index (κ2) is 8.05. The van der Waals surface area contributed by atoms with Gasteiger partial charge in [0.1, 0.15) is 0 Å². The molecule has 0 aliphatic rings. The number of aryl methyl sites for hydroxylation is 4. The number of hydrogen-bond acceptors (Lipinski definition) is 3. The number of rotatable bonds is 4. The van der Waals surface area contributed by atoms with Crippen LogP contribution in [0.15, 0.2) is 54.9 Å². The highest BCUT2D eigenvalue weighted by Gasteiger charge is 2.14. The van der Waals surface area contributed by atoms with E-state index in [0.29, 0.717) is 16.8 Å². The largest absolute Gasteiger partial charge is 0.322 e. The van der Waals surface area contributed by atoms with Crippen molar-refractivity contribution in [2.75, 3.05) is 10.6 Å². The van der Waals surface area contributed by atoms with Crippen molar-refractivity contribution in [3.63, 3.8) is 0 Å². The zero-order chi connectivity index (χ0) is 20.3. The Morgan fingerprint density at radius 2 is 1.29 bits per heavy atom. The average molecular weight is 373 g/mol. The van der Waals surface area contributed by atoms with E-state index in [1.807, 2.05) is 64.1 Å². The van der Waals surface area contributed by atoms with Crippen LogP contribution in [0.25, 0.3) is 0 Å². The first-order chi connectivity index (χ1) is 13.3. The molecular weight excluding hydrogens is 350 g/mol. The summed E-state index contributed by atoms with van der Waals surface area (Å²) in [5.41, 5.74) is 6.23. The molecule has 5 nitrogen and oxygen atoms in total. The van der Waals surface area contributed by atoms with Crippen LogP contribution in [0.4, 0.5) is 11.4 Å². The molecular formula is C23H23N3O2. The number of amides is 2. The van der Waals surface area contributed by atoms with E-state index in [9.17, 15) is 9.59 Å². The second-order valence-corrected chi connectivity index (χ2v) is 7.01. The van der Waals surface area contributed by atoms with Crippen LogP contribution in [-0.2, 0) is 0 Å². The minimum absolute atomic E-state index is 0.300. The molecule has 28 heavy (non-hydrogen) atoms. The third-order valence-electron chi connectivity index (χ3n) is 4.46. The molecule has 5 heteroatoms. The van der Waals surface area contributed by atoms with Crippen LogP contribution < -0.4 is 10.6 Å². The molecule has 2 N–H and O–H groups in total. The van der Waals surface area contributed by atoms with E-state index in [-0.39, 0.29) is 11.8 Å². The first-order valence-electron chi connectivity index (χ1n) is 9.06. The molecule has 3 aromatic rings. The van der Waals surface area contributed by atoms with Gasteiger partial charge in [-0.15, -0.1) is 0 Å². The van der Waals surface area contributed by atoms with Crippen molar-refractivity contribution in [1.29, 1.82) is 0 Å². The summed E-state index contributed by atoms with van der Waals surface area (Å²) >= 11 is 0. The molecule has 2 amide bonds. The van der Waals surface area contributed by atoms with Gasteiger partial charge in [0.2, 0.25) is 0 Å². The number of aromatic nitrogens is 1. The van der Waals surface area contributed by atoms with Gasteiger partial charge in [-0.05, 0) is 68.1 Å². The number of benzene rings is 2. The van der Waals surface area contributed by atoms with E-state index >= 15 is 0 Å². The number of nitrogens with zero attached hydrogens (tertiary/aromatic N) is 1. The number of anilines is 2. The quantitative estimate of drug-likeness (QED) is 0.689. The Labute approximate surface area is 164 Å². The summed E-state index contributed by atoms with van der Waals surface area (Å²) in [5.74, 6) is -0.606. The topological polar surface area (TPSA) is 71.1 Å². The van der Waals surface area contributed by atoms with Crippen molar-refractivity contribution in [1.82, 2.24) is 4.98 Å². The van der Waals surface area contributed by atoms with Crippen molar-refractivity contribution >= 4 is 23.2 Å². The van der Waals surface area contributed by atoms with Gasteiger partial charge >= 0.3 is 0 Å². The molecule has 0 radical (unpaired) electrons. The zero-order valence-electron chi connectivity index (χ0n) is 16.5. The maximum Gasteiger partial charge on any atom is 0.257 e. The lowest BCUT2D eigenvalue weighted by Crippen LogP contribution is -2.17. The third-order valence-corrected chi connectivity index (χ3v) is 4.46. The lowest BCUT2D eigenvalue weighted by molar-refractivity contribution is 0.102. The van der Waals surface area contributed by atoms with Gasteiger partial charge in [-0.2, -0.15) is 0 Å². The van der Waals surface area contributed by atoms with Crippen LogP contribution >= 0.6 is 0 Å². The molecule has 0 saturated carbocycles. The summed E-state index contributed by atoms with van der Waals surface area (Å²) in [6, 6.07) is 13.2. The Morgan fingerprint density at radius 3 is 1.86 bits per heavy atom. The smallest absolute Gasteiger partial charge is 0.257 e. The maximum absolute atomic E-state index is 12.7. The Morgan fingerprint density at radius 1 is 0.750 bits per heavy atom. The number of carbonyl (C=O) groups is 2. The summed E-state index contributed by atoms with van der Waals surface area (Å²) in [6.45, 7) is 7.83. The van der Waals surface area contributed by atoms with Crippen LogP contribution in [0, 0.1) is 27.7 Å². The fourth-order valence-corrected chi connectivity index (χ4v) is 3.14. The van der Waals surface area contributed by atoms with Crippen molar-refractivity contribution in [2.24, 2.45) is 0 Å². The van der Waals surface area contributed by atoms with E-state index in [4.69, 9.17) is 0 Å². The minimum atomic E-state index is -0.306. The summed E-state index contributed by atoms with van der Waals surface area (Å²) in [4.78, 5) is 29.3. The molecule has 1 aromatic heterocycles. The molecule has 0 unspecified atom stereocenters. The molecule has 1 heterocycles. The standard InChI is InChI=1S/C23H23N3O2/c1-14-8-15(2)10-20(9-14)25-22(27)18-11-19(13-24-12-18)23(28)26-21-16(3)6-5-7-17(21)4/h5-13H,1-4H3,(H,25,27)(H,26,28). The van der Waals surface area contributed by atoms with E-state index in [1.165, 1.54) is 12.4 Å². The van der Waals surface area contributed by atoms with E-state index in [1.54, 1.807) is 6.07 Å².